The maximum Gasteiger partial charge on any atom is 0.410 e. The van der Waals surface area contributed by atoms with Crippen molar-refractivity contribution in [3.8, 4) is 0 Å². The first kappa shape index (κ1) is 15.1. The van der Waals surface area contributed by atoms with E-state index in [0.717, 1.165) is 12.8 Å². The third-order valence-electron chi connectivity index (χ3n) is 5.03. The molecule has 2 bridgehead atoms. The van der Waals surface area contributed by atoms with E-state index in [4.69, 9.17) is 10.5 Å². The molecule has 0 aromatic carbocycles. The summed E-state index contributed by atoms with van der Waals surface area (Å²) in [4.78, 5) is 13.6. The van der Waals surface area contributed by atoms with E-state index in [-0.39, 0.29) is 6.09 Å². The van der Waals surface area contributed by atoms with Crippen molar-refractivity contribution in [3.63, 3.8) is 0 Å². The fraction of sp³-hybridized carbons (Fsp3) is 0.933. The van der Waals surface area contributed by atoms with Gasteiger partial charge in [0, 0.05) is 25.2 Å². The van der Waals surface area contributed by atoms with Crippen LogP contribution in [0.5, 0.6) is 0 Å². The monoisotopic (exact) mass is 297 g/mol. The van der Waals surface area contributed by atoms with Gasteiger partial charge in [0.25, 0.3) is 0 Å². The number of rotatable bonds is 1. The number of nitrogens with two attached hydrogens (primary N) is 1. The molecule has 6 heteroatoms. The second kappa shape index (κ2) is 4.57. The van der Waals surface area contributed by atoms with Gasteiger partial charge in [0.15, 0.2) is 0 Å². The van der Waals surface area contributed by atoms with E-state index >= 15 is 0 Å². The molecule has 3 rings (SSSR count). The summed E-state index contributed by atoms with van der Waals surface area (Å²) in [5.41, 5.74) is 4.35. The summed E-state index contributed by atoms with van der Waals surface area (Å²) in [7, 11) is 0. The molecule has 0 aromatic heterocycles. The Bertz CT molecular complexity index is 428. The molecule has 6 nitrogen and oxygen atoms in total. The highest BCUT2D eigenvalue weighted by molar-refractivity contribution is 5.70. The van der Waals surface area contributed by atoms with E-state index in [1.165, 1.54) is 0 Å². The van der Waals surface area contributed by atoms with Gasteiger partial charge < -0.3 is 25.8 Å². The van der Waals surface area contributed by atoms with Crippen molar-refractivity contribution in [2.45, 2.75) is 75.3 Å². The molecule has 2 unspecified atom stereocenters. The average Bonchev–Trinajstić information content (AvgIpc) is 2.62. The number of carbonyl (C=O) groups excluding carboxylic acids is 1. The molecular formula is C15H27N3O3. The maximum absolute atomic E-state index is 12.0. The van der Waals surface area contributed by atoms with Crippen molar-refractivity contribution in [2.24, 2.45) is 5.73 Å². The molecule has 3 heterocycles. The standard InChI is InChI=1S/C15H27N3O3/c1-13(2,3)21-12(19)18-8-14(16,9-18)15(20)6-10-4-5-11(7-15)17-10/h10-11,17,20H,4-9,16H2,1-3H3. The van der Waals surface area contributed by atoms with Gasteiger partial charge >= 0.3 is 6.09 Å². The molecule has 21 heavy (non-hydrogen) atoms. The number of aliphatic hydroxyl groups is 1. The summed E-state index contributed by atoms with van der Waals surface area (Å²) >= 11 is 0. The van der Waals surface area contributed by atoms with Crippen molar-refractivity contribution in [1.29, 1.82) is 0 Å². The van der Waals surface area contributed by atoms with E-state index in [9.17, 15) is 9.90 Å². The zero-order valence-corrected chi connectivity index (χ0v) is 13.2. The molecular weight excluding hydrogens is 270 g/mol. The minimum absolute atomic E-state index is 0.343. The molecule has 2 atom stereocenters. The summed E-state index contributed by atoms with van der Waals surface area (Å²) in [6.07, 6.45) is 3.24. The molecule has 3 aliphatic rings. The minimum atomic E-state index is -0.872. The Morgan fingerprint density at radius 2 is 1.81 bits per heavy atom. The van der Waals surface area contributed by atoms with Gasteiger partial charge in [-0.3, -0.25) is 0 Å². The molecule has 0 aromatic rings. The molecule has 3 saturated heterocycles. The Hall–Kier alpha value is -0.850. The van der Waals surface area contributed by atoms with Gasteiger partial charge in [0.1, 0.15) is 5.60 Å². The van der Waals surface area contributed by atoms with Crippen LogP contribution >= 0.6 is 0 Å². The zero-order chi connectivity index (χ0) is 15.5. The number of hydrogen-bond donors (Lipinski definition) is 3. The van der Waals surface area contributed by atoms with E-state index in [1.807, 2.05) is 20.8 Å². The Morgan fingerprint density at radius 1 is 1.29 bits per heavy atom. The van der Waals surface area contributed by atoms with Crippen LogP contribution in [0.4, 0.5) is 4.79 Å². The molecule has 3 aliphatic heterocycles. The predicted molar refractivity (Wildman–Crippen MR) is 78.9 cm³/mol. The van der Waals surface area contributed by atoms with E-state index in [1.54, 1.807) is 4.90 Å². The van der Waals surface area contributed by atoms with E-state index < -0.39 is 16.7 Å². The number of ether oxygens (including phenoxy) is 1. The van der Waals surface area contributed by atoms with Crippen LogP contribution in [0.1, 0.15) is 46.5 Å². The van der Waals surface area contributed by atoms with Crippen LogP contribution in [0.15, 0.2) is 0 Å². The van der Waals surface area contributed by atoms with Crippen LogP contribution in [-0.2, 0) is 4.74 Å². The van der Waals surface area contributed by atoms with Crippen LogP contribution in [0, 0.1) is 0 Å². The molecule has 0 aliphatic carbocycles. The third kappa shape index (κ3) is 2.64. The first-order valence-electron chi connectivity index (χ1n) is 7.86. The van der Waals surface area contributed by atoms with Gasteiger partial charge in [-0.2, -0.15) is 0 Å². The van der Waals surface area contributed by atoms with Gasteiger partial charge in [-0.05, 0) is 46.5 Å². The maximum atomic E-state index is 12.0. The Morgan fingerprint density at radius 3 is 2.29 bits per heavy atom. The highest BCUT2D eigenvalue weighted by Crippen LogP contribution is 2.43. The van der Waals surface area contributed by atoms with Crippen LogP contribution < -0.4 is 11.1 Å². The van der Waals surface area contributed by atoms with Crippen molar-refractivity contribution < 1.29 is 14.6 Å². The third-order valence-corrected chi connectivity index (χ3v) is 5.03. The van der Waals surface area contributed by atoms with Gasteiger partial charge in [-0.15, -0.1) is 0 Å². The van der Waals surface area contributed by atoms with Crippen LogP contribution in [0.25, 0.3) is 0 Å². The lowest BCUT2D eigenvalue weighted by molar-refractivity contribution is -0.126. The molecule has 120 valence electrons. The lowest BCUT2D eigenvalue weighted by atomic mass is 9.68. The molecule has 0 saturated carbocycles. The second-order valence-electron chi connectivity index (χ2n) is 8.07. The fourth-order valence-corrected chi connectivity index (χ4v) is 3.91. The number of piperidine rings is 1. The summed E-state index contributed by atoms with van der Waals surface area (Å²) < 4.78 is 5.35. The van der Waals surface area contributed by atoms with E-state index in [2.05, 4.69) is 5.32 Å². The minimum Gasteiger partial charge on any atom is -0.444 e. The van der Waals surface area contributed by atoms with Crippen LogP contribution in [0.2, 0.25) is 0 Å². The fourth-order valence-electron chi connectivity index (χ4n) is 3.91. The number of amides is 1. The van der Waals surface area contributed by atoms with Gasteiger partial charge in [0.2, 0.25) is 0 Å². The number of nitrogens with zero attached hydrogens (tertiary/aromatic N) is 1. The topological polar surface area (TPSA) is 87.8 Å². The van der Waals surface area contributed by atoms with Crippen molar-refractivity contribution in [2.75, 3.05) is 13.1 Å². The smallest absolute Gasteiger partial charge is 0.410 e. The number of hydrogen-bond acceptors (Lipinski definition) is 5. The van der Waals surface area contributed by atoms with Gasteiger partial charge in [-0.25, -0.2) is 4.79 Å². The largest absolute Gasteiger partial charge is 0.444 e. The summed E-state index contributed by atoms with van der Waals surface area (Å²) in [5, 5.41) is 14.5. The first-order valence-corrected chi connectivity index (χ1v) is 7.86. The Kier molecular flexibility index (Phi) is 3.28. The van der Waals surface area contributed by atoms with Crippen LogP contribution in [-0.4, -0.2) is 58.0 Å². The first-order chi connectivity index (χ1) is 9.60. The van der Waals surface area contributed by atoms with Gasteiger partial charge in [-0.1, -0.05) is 0 Å². The Labute approximate surface area is 126 Å². The molecule has 4 N–H and O–H groups in total. The quantitative estimate of drug-likeness (QED) is 0.659. The number of nitrogens with one attached hydrogen (secondary N) is 1. The van der Waals surface area contributed by atoms with Crippen molar-refractivity contribution in [1.82, 2.24) is 10.2 Å². The predicted octanol–water partition coefficient (Wildman–Crippen LogP) is 0.580. The number of likely N-dealkylation sites (tertiary alicyclic amines) is 1. The second-order valence-corrected chi connectivity index (χ2v) is 8.07. The zero-order valence-electron chi connectivity index (χ0n) is 13.2. The Balaban J connectivity index is 1.62. The van der Waals surface area contributed by atoms with Crippen molar-refractivity contribution in [3.05, 3.63) is 0 Å². The van der Waals surface area contributed by atoms with Gasteiger partial charge in [0.05, 0.1) is 11.1 Å². The molecule has 0 radical (unpaired) electrons. The lowest BCUT2D eigenvalue weighted by Crippen LogP contribution is -2.80. The average molecular weight is 297 g/mol. The molecule has 3 fully saturated rings. The highest BCUT2D eigenvalue weighted by atomic mass is 16.6. The highest BCUT2D eigenvalue weighted by Gasteiger charge is 2.60. The summed E-state index contributed by atoms with van der Waals surface area (Å²) in [6.45, 7) is 6.28. The van der Waals surface area contributed by atoms with E-state index in [0.29, 0.717) is 38.0 Å². The van der Waals surface area contributed by atoms with Crippen LogP contribution in [0.3, 0.4) is 0 Å². The summed E-state index contributed by atoms with van der Waals surface area (Å²) in [6, 6.07) is 0.731. The molecule has 1 amide bonds. The molecule has 0 spiro atoms. The van der Waals surface area contributed by atoms with Crippen molar-refractivity contribution >= 4 is 6.09 Å². The SMILES string of the molecule is CC(C)(C)OC(=O)N1CC(N)(C2(O)CC3CCC(C2)N3)C1. The summed E-state index contributed by atoms with van der Waals surface area (Å²) in [5.74, 6) is 0. The number of carbonyl (C=O) groups is 1. The number of fused-ring (bicyclic) bond motifs is 2. The normalized spacial score (nSPS) is 38.0. The lowest BCUT2D eigenvalue weighted by Gasteiger charge is -2.57.